The van der Waals surface area contributed by atoms with E-state index in [1.165, 1.54) is 0 Å². The Morgan fingerprint density at radius 2 is 1.81 bits per heavy atom. The molecule has 6 heteroatoms. The molecule has 0 spiro atoms. The van der Waals surface area contributed by atoms with Gasteiger partial charge >= 0.3 is 5.97 Å². The monoisotopic (exact) mass is 292 g/mol. The molecule has 0 saturated carbocycles. The molecule has 0 aliphatic heterocycles. The van der Waals surface area contributed by atoms with Gasteiger partial charge in [-0.2, -0.15) is 0 Å². The molecule has 114 valence electrons. The number of esters is 1. The molecule has 21 heavy (non-hydrogen) atoms. The summed E-state index contributed by atoms with van der Waals surface area (Å²) in [5, 5.41) is 2.23. The van der Waals surface area contributed by atoms with E-state index in [0.29, 0.717) is 11.5 Å². The smallest absolute Gasteiger partial charge is 0.338 e. The summed E-state index contributed by atoms with van der Waals surface area (Å²) in [6.45, 7) is 3.51. The van der Waals surface area contributed by atoms with Gasteiger partial charge in [0.25, 0.3) is 5.91 Å². The minimum atomic E-state index is -0.657. The number of benzene rings is 1. The molecule has 2 amide bonds. The van der Waals surface area contributed by atoms with Gasteiger partial charge < -0.3 is 15.8 Å². The van der Waals surface area contributed by atoms with Crippen LogP contribution in [-0.2, 0) is 20.7 Å². The van der Waals surface area contributed by atoms with E-state index in [-0.39, 0.29) is 6.54 Å². The van der Waals surface area contributed by atoms with Crippen LogP contribution in [0.4, 0.5) is 0 Å². The van der Waals surface area contributed by atoms with E-state index in [0.717, 1.165) is 12.0 Å². The van der Waals surface area contributed by atoms with Crippen LogP contribution in [0.15, 0.2) is 24.3 Å². The molecule has 6 nitrogen and oxygen atoms in total. The molecule has 1 aromatic carbocycles. The second kappa shape index (κ2) is 8.04. The molecule has 0 aliphatic rings. The van der Waals surface area contributed by atoms with Crippen molar-refractivity contribution in [1.29, 1.82) is 0 Å². The van der Waals surface area contributed by atoms with Gasteiger partial charge in [-0.25, -0.2) is 4.79 Å². The number of ether oxygens (including phenoxy) is 1. The Morgan fingerprint density at radius 3 is 2.33 bits per heavy atom. The number of carbonyl (C=O) groups is 3. The van der Waals surface area contributed by atoms with E-state index in [1.54, 1.807) is 12.1 Å². The van der Waals surface area contributed by atoms with Gasteiger partial charge in [0.05, 0.1) is 12.1 Å². The van der Waals surface area contributed by atoms with Crippen molar-refractivity contribution < 1.29 is 19.1 Å². The van der Waals surface area contributed by atoms with Gasteiger partial charge in [0.2, 0.25) is 5.91 Å². The highest BCUT2D eigenvalue weighted by molar-refractivity contribution is 5.91. The highest BCUT2D eigenvalue weighted by atomic mass is 16.5. The van der Waals surface area contributed by atoms with Gasteiger partial charge in [-0.05, 0) is 30.0 Å². The van der Waals surface area contributed by atoms with Gasteiger partial charge in [0.1, 0.15) is 0 Å². The number of rotatable bonds is 7. The van der Waals surface area contributed by atoms with Gasteiger partial charge in [-0.15, -0.1) is 0 Å². The molecule has 0 aromatic heterocycles. The quantitative estimate of drug-likeness (QED) is 0.721. The highest BCUT2D eigenvalue weighted by Crippen LogP contribution is 2.10. The summed E-state index contributed by atoms with van der Waals surface area (Å²) < 4.78 is 4.84. The fourth-order valence-electron chi connectivity index (χ4n) is 1.70. The molecular formula is C15H20N2O4. The summed E-state index contributed by atoms with van der Waals surface area (Å²) >= 11 is 0. The minimum absolute atomic E-state index is 0.277. The van der Waals surface area contributed by atoms with Crippen molar-refractivity contribution in [2.45, 2.75) is 20.3 Å². The van der Waals surface area contributed by atoms with Crippen molar-refractivity contribution in [2.24, 2.45) is 11.7 Å². The fraction of sp³-hybridized carbons (Fsp3) is 0.400. The van der Waals surface area contributed by atoms with Crippen LogP contribution in [0.2, 0.25) is 0 Å². The van der Waals surface area contributed by atoms with Crippen molar-refractivity contribution in [3.05, 3.63) is 35.4 Å². The van der Waals surface area contributed by atoms with Gasteiger partial charge in [0, 0.05) is 0 Å². The third-order valence-electron chi connectivity index (χ3n) is 2.63. The Labute approximate surface area is 123 Å². The first-order valence-electron chi connectivity index (χ1n) is 6.69. The van der Waals surface area contributed by atoms with Crippen LogP contribution in [0.5, 0.6) is 0 Å². The summed E-state index contributed by atoms with van der Waals surface area (Å²) in [7, 11) is 0. The van der Waals surface area contributed by atoms with Gasteiger partial charge in [-0.3, -0.25) is 9.59 Å². The summed E-state index contributed by atoms with van der Waals surface area (Å²) in [6, 6.07) is 7.07. The van der Waals surface area contributed by atoms with E-state index in [1.807, 2.05) is 12.1 Å². The normalized spacial score (nSPS) is 10.2. The predicted molar refractivity (Wildman–Crippen MR) is 77.5 cm³/mol. The van der Waals surface area contributed by atoms with E-state index < -0.39 is 24.4 Å². The summed E-state index contributed by atoms with van der Waals surface area (Å²) in [6.07, 6.45) is 0.935. The molecule has 0 radical (unpaired) electrons. The average molecular weight is 292 g/mol. The maximum absolute atomic E-state index is 11.7. The predicted octanol–water partition coefficient (Wildman–Crippen LogP) is 0.643. The van der Waals surface area contributed by atoms with Crippen molar-refractivity contribution >= 4 is 17.8 Å². The van der Waals surface area contributed by atoms with Gasteiger partial charge in [-0.1, -0.05) is 26.0 Å². The first-order chi connectivity index (χ1) is 9.88. The highest BCUT2D eigenvalue weighted by Gasteiger charge is 2.10. The Morgan fingerprint density at radius 1 is 1.19 bits per heavy atom. The third-order valence-corrected chi connectivity index (χ3v) is 2.63. The average Bonchev–Trinajstić information content (AvgIpc) is 2.42. The van der Waals surface area contributed by atoms with Gasteiger partial charge in [0.15, 0.2) is 6.61 Å². The number of hydrogen-bond donors (Lipinski definition) is 2. The standard InChI is InChI=1S/C15H20N2O4/c1-10(2)7-11-3-5-12(6-4-11)15(20)21-9-14(19)17-8-13(16)18/h3-6,10H,7-9H2,1-2H3,(H2,16,18)(H,17,19). The van der Waals surface area contributed by atoms with Crippen LogP contribution < -0.4 is 11.1 Å². The maximum Gasteiger partial charge on any atom is 0.338 e. The first-order valence-corrected chi connectivity index (χ1v) is 6.69. The van der Waals surface area contributed by atoms with E-state index >= 15 is 0 Å². The SMILES string of the molecule is CC(C)Cc1ccc(C(=O)OCC(=O)NCC(N)=O)cc1. The van der Waals surface area contributed by atoms with Crippen LogP contribution in [0.3, 0.4) is 0 Å². The zero-order valence-electron chi connectivity index (χ0n) is 12.2. The molecule has 0 unspecified atom stereocenters. The number of amides is 2. The zero-order valence-corrected chi connectivity index (χ0v) is 12.2. The summed E-state index contributed by atoms with van der Waals surface area (Å²) in [5.41, 5.74) is 6.39. The minimum Gasteiger partial charge on any atom is -0.452 e. The van der Waals surface area contributed by atoms with E-state index in [4.69, 9.17) is 10.5 Å². The third kappa shape index (κ3) is 6.56. The molecule has 0 heterocycles. The topological polar surface area (TPSA) is 98.5 Å². The Kier molecular flexibility index (Phi) is 6.39. The number of primary amides is 1. The number of carbonyl (C=O) groups excluding carboxylic acids is 3. The maximum atomic E-state index is 11.7. The molecule has 0 bridgehead atoms. The fourth-order valence-corrected chi connectivity index (χ4v) is 1.70. The second-order valence-electron chi connectivity index (χ2n) is 5.11. The zero-order chi connectivity index (χ0) is 15.8. The van der Waals surface area contributed by atoms with Crippen LogP contribution in [-0.4, -0.2) is 30.9 Å². The lowest BCUT2D eigenvalue weighted by molar-refractivity contribution is -0.127. The summed E-state index contributed by atoms with van der Waals surface area (Å²) in [4.78, 5) is 33.5. The lowest BCUT2D eigenvalue weighted by Gasteiger charge is -2.07. The van der Waals surface area contributed by atoms with Crippen LogP contribution >= 0.6 is 0 Å². The lowest BCUT2D eigenvalue weighted by atomic mass is 10.0. The van der Waals surface area contributed by atoms with Crippen molar-refractivity contribution in [2.75, 3.05) is 13.2 Å². The van der Waals surface area contributed by atoms with Crippen LogP contribution in [0, 0.1) is 5.92 Å². The molecule has 0 aliphatic carbocycles. The van der Waals surface area contributed by atoms with Crippen molar-refractivity contribution in [1.82, 2.24) is 5.32 Å². The van der Waals surface area contributed by atoms with E-state index in [2.05, 4.69) is 19.2 Å². The number of nitrogens with one attached hydrogen (secondary N) is 1. The largest absolute Gasteiger partial charge is 0.452 e. The Balaban J connectivity index is 2.45. The Bertz CT molecular complexity index is 509. The molecule has 1 aromatic rings. The first kappa shape index (κ1) is 16.7. The number of nitrogens with two attached hydrogens (primary N) is 1. The molecule has 0 saturated heterocycles. The molecule has 0 atom stereocenters. The van der Waals surface area contributed by atoms with Crippen LogP contribution in [0.25, 0.3) is 0 Å². The molecular weight excluding hydrogens is 272 g/mol. The Hall–Kier alpha value is -2.37. The number of hydrogen-bond acceptors (Lipinski definition) is 4. The van der Waals surface area contributed by atoms with Crippen molar-refractivity contribution in [3.63, 3.8) is 0 Å². The van der Waals surface area contributed by atoms with Crippen LogP contribution in [0.1, 0.15) is 29.8 Å². The molecule has 1 rings (SSSR count). The molecule has 0 fully saturated rings. The summed E-state index contributed by atoms with van der Waals surface area (Å²) in [5.74, 6) is -1.27. The van der Waals surface area contributed by atoms with Crippen molar-refractivity contribution in [3.8, 4) is 0 Å². The lowest BCUT2D eigenvalue weighted by Crippen LogP contribution is -2.35. The molecule has 3 N–H and O–H groups in total. The second-order valence-corrected chi connectivity index (χ2v) is 5.11. The van der Waals surface area contributed by atoms with E-state index in [9.17, 15) is 14.4 Å².